The lowest BCUT2D eigenvalue weighted by atomic mass is 10.0. The molecule has 3 aromatic rings. The van der Waals surface area contributed by atoms with Crippen LogP contribution in [0.3, 0.4) is 0 Å². The molecule has 0 saturated carbocycles. The number of hydrogen-bond donors (Lipinski definition) is 0. The molecular formula is C27H28N2O2. The van der Waals surface area contributed by atoms with Gasteiger partial charge in [0.2, 0.25) is 0 Å². The van der Waals surface area contributed by atoms with Crippen LogP contribution in [0.15, 0.2) is 83.9 Å². The third kappa shape index (κ3) is 5.21. The Balaban J connectivity index is 1.56. The molecule has 3 aromatic carbocycles. The second-order valence-electron chi connectivity index (χ2n) is 7.76. The minimum Gasteiger partial charge on any atom is -0.497 e. The predicted octanol–water partition coefficient (Wildman–Crippen LogP) is 6.02. The summed E-state index contributed by atoms with van der Waals surface area (Å²) in [4.78, 5) is 20.1. The van der Waals surface area contributed by atoms with Gasteiger partial charge < -0.3 is 9.64 Å². The molecule has 1 aliphatic heterocycles. The van der Waals surface area contributed by atoms with Crippen LogP contribution >= 0.6 is 0 Å². The third-order valence-electron chi connectivity index (χ3n) is 5.66. The van der Waals surface area contributed by atoms with E-state index in [2.05, 4.69) is 17.0 Å². The zero-order valence-corrected chi connectivity index (χ0v) is 18.0. The molecule has 0 spiro atoms. The van der Waals surface area contributed by atoms with Crippen molar-refractivity contribution in [3.8, 4) is 16.9 Å². The normalized spacial score (nSPS) is 13.8. The summed E-state index contributed by atoms with van der Waals surface area (Å²) in [6.07, 6.45) is 4.28. The molecule has 0 aromatic heterocycles. The van der Waals surface area contributed by atoms with E-state index in [0.717, 1.165) is 54.2 Å². The van der Waals surface area contributed by atoms with Gasteiger partial charge in [-0.3, -0.25) is 9.79 Å². The highest BCUT2D eigenvalue weighted by atomic mass is 16.5. The van der Waals surface area contributed by atoms with Gasteiger partial charge in [0.15, 0.2) is 5.78 Å². The molecule has 4 rings (SSSR count). The molecular weight excluding hydrogens is 384 g/mol. The van der Waals surface area contributed by atoms with Crippen LogP contribution in [0.2, 0.25) is 0 Å². The van der Waals surface area contributed by atoms with Crippen molar-refractivity contribution in [2.45, 2.75) is 25.7 Å². The van der Waals surface area contributed by atoms with Crippen molar-refractivity contribution in [2.75, 3.05) is 25.1 Å². The van der Waals surface area contributed by atoms with Crippen molar-refractivity contribution in [2.24, 2.45) is 4.99 Å². The summed E-state index contributed by atoms with van der Waals surface area (Å²) in [5.74, 6) is 1.88. The number of methoxy groups -OCH3 is 1. The van der Waals surface area contributed by atoms with Gasteiger partial charge in [0.1, 0.15) is 11.6 Å². The van der Waals surface area contributed by atoms with Gasteiger partial charge in [-0.25, -0.2) is 0 Å². The molecule has 4 nitrogen and oxygen atoms in total. The minimum absolute atomic E-state index is 0.0855. The van der Waals surface area contributed by atoms with Crippen molar-refractivity contribution in [1.29, 1.82) is 0 Å². The maximum atomic E-state index is 13.2. The zero-order valence-electron chi connectivity index (χ0n) is 18.0. The highest BCUT2D eigenvalue weighted by Gasteiger charge is 2.19. The topological polar surface area (TPSA) is 41.9 Å². The average molecular weight is 413 g/mol. The van der Waals surface area contributed by atoms with E-state index in [1.54, 1.807) is 7.11 Å². The van der Waals surface area contributed by atoms with Crippen molar-refractivity contribution >= 4 is 17.3 Å². The fourth-order valence-electron chi connectivity index (χ4n) is 3.89. The number of ketones is 1. The largest absolute Gasteiger partial charge is 0.497 e. The van der Waals surface area contributed by atoms with E-state index in [4.69, 9.17) is 9.73 Å². The summed E-state index contributed by atoms with van der Waals surface area (Å²) in [7, 11) is 1.66. The Hall–Kier alpha value is -3.40. The number of Topliss-reactive ketones (excluding diaryl/α,β-unsaturated/α-hetero) is 1. The first kappa shape index (κ1) is 20.9. The molecule has 1 heterocycles. The lowest BCUT2D eigenvalue weighted by Gasteiger charge is -2.26. The van der Waals surface area contributed by atoms with E-state index < -0.39 is 0 Å². The lowest BCUT2D eigenvalue weighted by Crippen LogP contribution is -2.36. The number of rotatable bonds is 6. The van der Waals surface area contributed by atoms with Crippen molar-refractivity contribution in [3.05, 3.63) is 84.4 Å². The van der Waals surface area contributed by atoms with Gasteiger partial charge in [0, 0.05) is 24.2 Å². The van der Waals surface area contributed by atoms with Crippen LogP contribution < -0.4 is 9.64 Å². The Morgan fingerprint density at radius 2 is 1.58 bits per heavy atom. The van der Waals surface area contributed by atoms with E-state index in [-0.39, 0.29) is 12.3 Å². The second kappa shape index (κ2) is 10.1. The van der Waals surface area contributed by atoms with Crippen LogP contribution in [-0.4, -0.2) is 31.8 Å². The summed E-state index contributed by atoms with van der Waals surface area (Å²) in [5.41, 5.74) is 3.94. The summed E-state index contributed by atoms with van der Waals surface area (Å²) in [6, 6.07) is 25.9. The molecule has 0 atom stereocenters. The number of amidine groups is 1. The molecule has 0 unspecified atom stereocenters. The number of ether oxygens (including phenoxy) is 1. The quantitative estimate of drug-likeness (QED) is 0.465. The van der Waals surface area contributed by atoms with E-state index in [9.17, 15) is 4.79 Å². The van der Waals surface area contributed by atoms with Crippen LogP contribution in [0.1, 0.15) is 36.0 Å². The Labute approximate surface area is 184 Å². The summed E-state index contributed by atoms with van der Waals surface area (Å²) in [5, 5.41) is 0. The number of hydrogen-bond acceptors (Lipinski definition) is 4. The minimum atomic E-state index is 0.0855. The van der Waals surface area contributed by atoms with Gasteiger partial charge in [0.25, 0.3) is 0 Å². The molecule has 1 aliphatic rings. The van der Waals surface area contributed by atoms with Crippen LogP contribution in [0.5, 0.6) is 5.75 Å². The van der Waals surface area contributed by atoms with E-state index in [1.165, 1.54) is 6.42 Å². The molecule has 0 aliphatic carbocycles. The average Bonchev–Trinajstić information content (AvgIpc) is 3.13. The number of aliphatic imine (C=N–C) groups is 1. The molecule has 0 radical (unpaired) electrons. The van der Waals surface area contributed by atoms with E-state index >= 15 is 0 Å². The number of carbonyl (C=O) groups is 1. The molecule has 0 N–H and O–H groups in total. The highest BCUT2D eigenvalue weighted by Crippen LogP contribution is 2.24. The molecule has 4 heteroatoms. The standard InChI is InChI=1S/C27H28N2O2/c1-31-25-17-15-24(16-18-25)29(27-10-6-3-7-19-28-27)20-26(30)23-13-11-22(12-14-23)21-8-4-2-5-9-21/h2,4-5,8-9,11-18H,3,6-7,10,19-20H2,1H3. The van der Waals surface area contributed by atoms with Gasteiger partial charge in [-0.05, 0) is 48.2 Å². The molecule has 0 saturated heterocycles. The highest BCUT2D eigenvalue weighted by molar-refractivity contribution is 6.07. The van der Waals surface area contributed by atoms with Crippen molar-refractivity contribution < 1.29 is 9.53 Å². The number of nitrogens with zero attached hydrogens (tertiary/aromatic N) is 2. The Kier molecular flexibility index (Phi) is 6.78. The fraction of sp³-hybridized carbons (Fsp3) is 0.259. The summed E-state index contributed by atoms with van der Waals surface area (Å²) >= 11 is 0. The monoisotopic (exact) mass is 412 g/mol. The maximum Gasteiger partial charge on any atom is 0.182 e. The molecule has 158 valence electrons. The van der Waals surface area contributed by atoms with Gasteiger partial charge in [-0.2, -0.15) is 0 Å². The van der Waals surface area contributed by atoms with E-state index in [1.807, 2.05) is 66.7 Å². The van der Waals surface area contributed by atoms with Crippen LogP contribution in [0.4, 0.5) is 5.69 Å². The summed E-state index contributed by atoms with van der Waals surface area (Å²) in [6.45, 7) is 1.10. The molecule has 0 amide bonds. The summed E-state index contributed by atoms with van der Waals surface area (Å²) < 4.78 is 5.30. The Morgan fingerprint density at radius 3 is 2.29 bits per heavy atom. The zero-order chi connectivity index (χ0) is 21.5. The molecule has 31 heavy (non-hydrogen) atoms. The predicted molar refractivity (Wildman–Crippen MR) is 127 cm³/mol. The lowest BCUT2D eigenvalue weighted by molar-refractivity contribution is 0.100. The van der Waals surface area contributed by atoms with Gasteiger partial charge >= 0.3 is 0 Å². The van der Waals surface area contributed by atoms with Gasteiger partial charge in [0.05, 0.1) is 13.7 Å². The maximum absolute atomic E-state index is 13.2. The number of benzene rings is 3. The first-order valence-electron chi connectivity index (χ1n) is 10.9. The molecule has 0 bridgehead atoms. The molecule has 0 fully saturated rings. The van der Waals surface area contributed by atoms with Crippen LogP contribution in [0.25, 0.3) is 11.1 Å². The van der Waals surface area contributed by atoms with Crippen molar-refractivity contribution in [1.82, 2.24) is 0 Å². The van der Waals surface area contributed by atoms with Gasteiger partial charge in [-0.1, -0.05) is 61.0 Å². The second-order valence-corrected chi connectivity index (χ2v) is 7.76. The Bertz CT molecular complexity index is 1030. The number of carbonyl (C=O) groups excluding carboxylic acids is 1. The first-order valence-corrected chi connectivity index (χ1v) is 10.9. The third-order valence-corrected chi connectivity index (χ3v) is 5.66. The van der Waals surface area contributed by atoms with Crippen LogP contribution in [0, 0.1) is 0 Å². The smallest absolute Gasteiger partial charge is 0.182 e. The van der Waals surface area contributed by atoms with E-state index in [0.29, 0.717) is 5.56 Å². The fourth-order valence-corrected chi connectivity index (χ4v) is 3.89. The number of anilines is 1. The van der Waals surface area contributed by atoms with Crippen molar-refractivity contribution in [3.63, 3.8) is 0 Å². The SMILES string of the molecule is COc1ccc(N(CC(=O)c2ccc(-c3ccccc3)cc2)C2=NCCCCC2)cc1. The first-order chi connectivity index (χ1) is 15.2. The van der Waals surface area contributed by atoms with Gasteiger partial charge in [-0.15, -0.1) is 0 Å². The Morgan fingerprint density at radius 1 is 0.871 bits per heavy atom. The van der Waals surface area contributed by atoms with Crippen LogP contribution in [-0.2, 0) is 0 Å².